The minimum Gasteiger partial charge on any atom is -0.492 e. The fraction of sp³-hybridized carbons (Fsp3) is 0.455. The summed E-state index contributed by atoms with van der Waals surface area (Å²) in [6, 6.07) is 3.45. The fourth-order valence-corrected chi connectivity index (χ4v) is 1.30. The molecular formula is C11H13NO2. The molecule has 14 heavy (non-hydrogen) atoms. The van der Waals surface area contributed by atoms with Crippen LogP contribution in [0.3, 0.4) is 0 Å². The molecule has 1 aliphatic carbocycles. The summed E-state index contributed by atoms with van der Waals surface area (Å²) in [5.74, 6) is 1.63. The third-order valence-electron chi connectivity index (χ3n) is 2.37. The van der Waals surface area contributed by atoms with Crippen molar-refractivity contribution in [3.05, 3.63) is 24.0 Å². The average Bonchev–Trinajstić information content (AvgIpc) is 3.03. The number of hydrogen-bond acceptors (Lipinski definition) is 3. The molecule has 74 valence electrons. The van der Waals surface area contributed by atoms with Crippen molar-refractivity contribution in [2.24, 2.45) is 5.92 Å². The van der Waals surface area contributed by atoms with Crippen LogP contribution in [0, 0.1) is 5.92 Å². The molecule has 2 rings (SSSR count). The highest BCUT2D eigenvalue weighted by Crippen LogP contribution is 2.32. The van der Waals surface area contributed by atoms with Gasteiger partial charge in [-0.25, -0.2) is 4.98 Å². The molecule has 1 heterocycles. The second-order valence-electron chi connectivity index (χ2n) is 3.62. The zero-order chi connectivity index (χ0) is 9.80. The molecule has 0 saturated heterocycles. The third kappa shape index (κ3) is 2.55. The monoisotopic (exact) mass is 191 g/mol. The molecule has 0 aliphatic heterocycles. The highest BCUT2D eigenvalue weighted by molar-refractivity contribution is 5.71. The summed E-state index contributed by atoms with van der Waals surface area (Å²) < 4.78 is 5.48. The summed E-state index contributed by atoms with van der Waals surface area (Å²) in [7, 11) is 0. The lowest BCUT2D eigenvalue weighted by Gasteiger charge is -2.04. The van der Waals surface area contributed by atoms with Gasteiger partial charge < -0.3 is 4.74 Å². The summed E-state index contributed by atoms with van der Waals surface area (Å²) >= 11 is 0. The fourth-order valence-electron chi connectivity index (χ4n) is 1.30. The van der Waals surface area contributed by atoms with Crippen LogP contribution in [0.5, 0.6) is 5.75 Å². The molecule has 0 amide bonds. The Labute approximate surface area is 83.1 Å². The van der Waals surface area contributed by atoms with Gasteiger partial charge >= 0.3 is 0 Å². The van der Waals surface area contributed by atoms with E-state index in [9.17, 15) is 4.79 Å². The molecule has 0 spiro atoms. The molecule has 0 atom stereocenters. The maximum absolute atomic E-state index is 10.3. The zero-order valence-corrected chi connectivity index (χ0v) is 7.98. The third-order valence-corrected chi connectivity index (χ3v) is 2.37. The minimum atomic E-state index is 0.444. The van der Waals surface area contributed by atoms with Gasteiger partial charge in [-0.2, -0.15) is 0 Å². The van der Waals surface area contributed by atoms with Gasteiger partial charge in [0, 0.05) is 0 Å². The van der Waals surface area contributed by atoms with Crippen molar-refractivity contribution in [3.8, 4) is 5.75 Å². The summed E-state index contributed by atoms with van der Waals surface area (Å²) in [5, 5.41) is 0. The Morgan fingerprint density at radius 2 is 2.36 bits per heavy atom. The van der Waals surface area contributed by atoms with E-state index in [0.29, 0.717) is 5.69 Å². The van der Waals surface area contributed by atoms with Gasteiger partial charge in [-0.05, 0) is 24.5 Å². The molecule has 1 aromatic rings. The Balaban J connectivity index is 1.79. The largest absolute Gasteiger partial charge is 0.492 e. The van der Waals surface area contributed by atoms with Crippen molar-refractivity contribution in [1.82, 2.24) is 4.98 Å². The number of nitrogens with zero attached hydrogens (tertiary/aromatic N) is 1. The Morgan fingerprint density at radius 1 is 1.50 bits per heavy atom. The van der Waals surface area contributed by atoms with Crippen LogP contribution in [0.2, 0.25) is 0 Å². The van der Waals surface area contributed by atoms with Gasteiger partial charge in [0.25, 0.3) is 0 Å². The van der Waals surface area contributed by atoms with Crippen molar-refractivity contribution in [2.75, 3.05) is 6.61 Å². The van der Waals surface area contributed by atoms with Crippen LogP contribution in [0.15, 0.2) is 18.3 Å². The zero-order valence-electron chi connectivity index (χ0n) is 7.98. The van der Waals surface area contributed by atoms with Gasteiger partial charge in [0.2, 0.25) is 0 Å². The second-order valence-corrected chi connectivity index (χ2v) is 3.62. The van der Waals surface area contributed by atoms with Crippen LogP contribution in [-0.2, 0) is 0 Å². The van der Waals surface area contributed by atoms with Gasteiger partial charge in [0.05, 0.1) is 12.8 Å². The highest BCUT2D eigenvalue weighted by Gasteiger charge is 2.20. The summed E-state index contributed by atoms with van der Waals surface area (Å²) in [4.78, 5) is 14.2. The van der Waals surface area contributed by atoms with Crippen LogP contribution in [0.25, 0.3) is 0 Å². The van der Waals surface area contributed by atoms with Gasteiger partial charge in [-0.3, -0.25) is 4.79 Å². The number of aromatic nitrogens is 1. The topological polar surface area (TPSA) is 39.2 Å². The van der Waals surface area contributed by atoms with E-state index in [-0.39, 0.29) is 0 Å². The van der Waals surface area contributed by atoms with E-state index in [1.54, 1.807) is 18.3 Å². The Bertz CT molecular complexity index is 304. The van der Waals surface area contributed by atoms with E-state index >= 15 is 0 Å². The first-order valence-electron chi connectivity index (χ1n) is 4.92. The van der Waals surface area contributed by atoms with Crippen molar-refractivity contribution < 1.29 is 9.53 Å². The molecule has 0 aromatic carbocycles. The van der Waals surface area contributed by atoms with Gasteiger partial charge in [0.1, 0.15) is 11.4 Å². The maximum atomic E-state index is 10.3. The number of ether oxygens (including phenoxy) is 1. The summed E-state index contributed by atoms with van der Waals surface area (Å²) in [5.41, 5.74) is 0.444. The van der Waals surface area contributed by atoms with Crippen LogP contribution >= 0.6 is 0 Å². The van der Waals surface area contributed by atoms with E-state index in [0.717, 1.165) is 31.0 Å². The lowest BCUT2D eigenvalue weighted by Crippen LogP contribution is -1.98. The molecule has 0 unspecified atom stereocenters. The first-order valence-corrected chi connectivity index (χ1v) is 4.92. The SMILES string of the molecule is O=Cc1ccc(OCCC2CC2)cn1. The highest BCUT2D eigenvalue weighted by atomic mass is 16.5. The number of hydrogen-bond donors (Lipinski definition) is 0. The number of aldehydes is 1. The Kier molecular flexibility index (Phi) is 2.77. The first kappa shape index (κ1) is 9.19. The van der Waals surface area contributed by atoms with Crippen LogP contribution in [0.1, 0.15) is 29.8 Å². The van der Waals surface area contributed by atoms with Gasteiger partial charge in [-0.15, -0.1) is 0 Å². The van der Waals surface area contributed by atoms with Gasteiger partial charge in [0.15, 0.2) is 6.29 Å². The van der Waals surface area contributed by atoms with E-state index in [1.807, 2.05) is 0 Å². The van der Waals surface area contributed by atoms with Crippen molar-refractivity contribution in [1.29, 1.82) is 0 Å². The van der Waals surface area contributed by atoms with Crippen LogP contribution < -0.4 is 4.74 Å². The van der Waals surface area contributed by atoms with Crippen LogP contribution in [0.4, 0.5) is 0 Å². The van der Waals surface area contributed by atoms with Crippen molar-refractivity contribution in [3.63, 3.8) is 0 Å². The molecule has 1 fully saturated rings. The minimum absolute atomic E-state index is 0.444. The van der Waals surface area contributed by atoms with Crippen LogP contribution in [-0.4, -0.2) is 17.9 Å². The Hall–Kier alpha value is -1.38. The molecule has 0 bridgehead atoms. The quantitative estimate of drug-likeness (QED) is 0.669. The molecule has 1 saturated carbocycles. The lowest BCUT2D eigenvalue weighted by atomic mass is 10.3. The predicted octanol–water partition coefficient (Wildman–Crippen LogP) is 2.07. The standard InChI is InChI=1S/C11H13NO2/c13-8-10-3-4-11(7-12-10)14-6-5-9-1-2-9/h3-4,7-9H,1-2,5-6H2. The predicted molar refractivity (Wildman–Crippen MR) is 52.5 cm³/mol. The molecular weight excluding hydrogens is 178 g/mol. The molecule has 1 aliphatic rings. The molecule has 0 radical (unpaired) electrons. The second kappa shape index (κ2) is 4.22. The molecule has 3 nitrogen and oxygen atoms in total. The number of pyridine rings is 1. The maximum Gasteiger partial charge on any atom is 0.168 e. The van der Waals surface area contributed by atoms with E-state index < -0.39 is 0 Å². The molecule has 0 N–H and O–H groups in total. The van der Waals surface area contributed by atoms with Crippen molar-refractivity contribution >= 4 is 6.29 Å². The van der Waals surface area contributed by atoms with Gasteiger partial charge in [-0.1, -0.05) is 12.8 Å². The molecule has 1 aromatic heterocycles. The number of carbonyl (C=O) groups excluding carboxylic acids is 1. The van der Waals surface area contributed by atoms with E-state index in [4.69, 9.17) is 4.74 Å². The van der Waals surface area contributed by atoms with E-state index in [1.165, 1.54) is 12.8 Å². The normalized spacial score (nSPS) is 15.1. The Morgan fingerprint density at radius 3 is 2.93 bits per heavy atom. The number of rotatable bonds is 5. The first-order chi connectivity index (χ1) is 6.88. The van der Waals surface area contributed by atoms with E-state index in [2.05, 4.69) is 4.98 Å². The average molecular weight is 191 g/mol. The number of carbonyl (C=O) groups is 1. The summed E-state index contributed by atoms with van der Waals surface area (Å²) in [6.45, 7) is 0.757. The molecule has 3 heteroatoms. The van der Waals surface area contributed by atoms with Crippen molar-refractivity contribution in [2.45, 2.75) is 19.3 Å². The lowest BCUT2D eigenvalue weighted by molar-refractivity contribution is 0.111. The summed E-state index contributed by atoms with van der Waals surface area (Å²) in [6.07, 6.45) is 6.16. The smallest absolute Gasteiger partial charge is 0.168 e.